The maximum Gasteiger partial charge on any atom is 0.325 e. The number of ether oxygens (including phenoxy) is 1. The van der Waals surface area contributed by atoms with E-state index in [0.29, 0.717) is 0 Å². The largest absolute Gasteiger partial charge is 0.459 e. The van der Waals surface area contributed by atoms with E-state index in [0.717, 1.165) is 53.7 Å². The second-order valence-corrected chi connectivity index (χ2v) is 11.4. The first-order valence-electron chi connectivity index (χ1n) is 11.6. The fourth-order valence-corrected chi connectivity index (χ4v) is 6.59. The van der Waals surface area contributed by atoms with Gasteiger partial charge in [-0.2, -0.15) is 0 Å². The summed E-state index contributed by atoms with van der Waals surface area (Å²) in [5.41, 5.74) is 4.51. The SMILES string of the molecule is Cc1cc(C(C)(C)C)cc(C)c1COC(=O)CNC(=O)C12CC3CC(CC(C3)C1)C2. The second-order valence-electron chi connectivity index (χ2n) is 11.4. The molecule has 30 heavy (non-hydrogen) atoms. The average molecular weight is 412 g/mol. The minimum Gasteiger partial charge on any atom is -0.459 e. The Hall–Kier alpha value is -1.84. The molecule has 4 aliphatic carbocycles. The zero-order chi connectivity index (χ0) is 21.7. The highest BCUT2D eigenvalue weighted by Crippen LogP contribution is 2.60. The predicted octanol–water partition coefficient (Wildman–Crippen LogP) is 4.98. The number of carbonyl (C=O) groups excluding carboxylic acids is 2. The highest BCUT2D eigenvalue weighted by molar-refractivity contribution is 5.86. The number of esters is 1. The van der Waals surface area contributed by atoms with Gasteiger partial charge in [-0.25, -0.2) is 0 Å². The van der Waals surface area contributed by atoms with Gasteiger partial charge in [0.1, 0.15) is 13.2 Å². The second kappa shape index (κ2) is 7.69. The Morgan fingerprint density at radius 1 is 1.00 bits per heavy atom. The van der Waals surface area contributed by atoms with Crippen molar-refractivity contribution in [3.63, 3.8) is 0 Å². The van der Waals surface area contributed by atoms with Crippen molar-refractivity contribution < 1.29 is 14.3 Å². The highest BCUT2D eigenvalue weighted by Gasteiger charge is 2.54. The van der Waals surface area contributed by atoms with Gasteiger partial charge in [0.15, 0.2) is 0 Å². The number of rotatable bonds is 5. The number of carbonyl (C=O) groups is 2. The summed E-state index contributed by atoms with van der Waals surface area (Å²) in [5.74, 6) is 1.88. The van der Waals surface area contributed by atoms with E-state index in [4.69, 9.17) is 4.74 Å². The van der Waals surface area contributed by atoms with Crippen molar-refractivity contribution in [2.75, 3.05) is 6.54 Å². The van der Waals surface area contributed by atoms with E-state index in [-0.39, 0.29) is 35.9 Å². The molecule has 1 amide bonds. The Labute approximate surface area is 181 Å². The Morgan fingerprint density at radius 2 is 1.50 bits per heavy atom. The molecule has 4 fully saturated rings. The molecule has 0 saturated heterocycles. The third-order valence-electron chi connectivity index (χ3n) is 7.85. The van der Waals surface area contributed by atoms with E-state index in [2.05, 4.69) is 52.1 Å². The van der Waals surface area contributed by atoms with Gasteiger partial charge in [0.05, 0.1) is 0 Å². The van der Waals surface area contributed by atoms with E-state index < -0.39 is 0 Å². The number of amides is 1. The summed E-state index contributed by atoms with van der Waals surface area (Å²) in [4.78, 5) is 25.4. The minimum absolute atomic E-state index is 0.0290. The number of hydrogen-bond acceptors (Lipinski definition) is 3. The summed E-state index contributed by atoms with van der Waals surface area (Å²) in [6.07, 6.45) is 6.96. The van der Waals surface area contributed by atoms with Gasteiger partial charge in [-0.15, -0.1) is 0 Å². The lowest BCUT2D eigenvalue weighted by Crippen LogP contribution is -2.54. The fraction of sp³-hybridized carbons (Fsp3) is 0.692. The lowest BCUT2D eigenvalue weighted by molar-refractivity contribution is -0.151. The smallest absolute Gasteiger partial charge is 0.325 e. The molecule has 0 radical (unpaired) electrons. The number of hydrogen-bond donors (Lipinski definition) is 1. The van der Waals surface area contributed by atoms with E-state index >= 15 is 0 Å². The molecular weight excluding hydrogens is 374 g/mol. The number of aryl methyl sites for hydroxylation is 2. The van der Waals surface area contributed by atoms with Crippen LogP contribution in [0.15, 0.2) is 12.1 Å². The lowest BCUT2D eigenvalue weighted by atomic mass is 9.49. The normalized spacial score (nSPS) is 29.7. The molecule has 0 unspecified atom stereocenters. The fourth-order valence-electron chi connectivity index (χ4n) is 6.59. The van der Waals surface area contributed by atoms with Crippen LogP contribution in [0, 0.1) is 37.0 Å². The Kier molecular flexibility index (Phi) is 5.48. The summed E-state index contributed by atoms with van der Waals surface area (Å²) in [6, 6.07) is 4.37. The first kappa shape index (κ1) is 21.4. The van der Waals surface area contributed by atoms with Crippen LogP contribution in [-0.2, 0) is 26.3 Å². The number of nitrogens with one attached hydrogen (secondary N) is 1. The van der Waals surface area contributed by atoms with Crippen LogP contribution in [-0.4, -0.2) is 18.4 Å². The monoisotopic (exact) mass is 411 g/mol. The maximum atomic E-state index is 13.0. The van der Waals surface area contributed by atoms with Gasteiger partial charge in [0.2, 0.25) is 5.91 Å². The van der Waals surface area contributed by atoms with E-state index in [9.17, 15) is 9.59 Å². The van der Waals surface area contributed by atoms with Crippen LogP contribution in [0.3, 0.4) is 0 Å². The predicted molar refractivity (Wildman–Crippen MR) is 118 cm³/mol. The first-order valence-corrected chi connectivity index (χ1v) is 11.6. The molecule has 1 aromatic rings. The highest BCUT2D eigenvalue weighted by atomic mass is 16.5. The molecule has 0 spiro atoms. The van der Waals surface area contributed by atoms with E-state index in [1.54, 1.807) is 0 Å². The van der Waals surface area contributed by atoms with Gasteiger partial charge >= 0.3 is 5.97 Å². The van der Waals surface area contributed by atoms with Crippen LogP contribution in [0.4, 0.5) is 0 Å². The molecule has 0 aromatic heterocycles. The van der Waals surface area contributed by atoms with Crippen LogP contribution >= 0.6 is 0 Å². The van der Waals surface area contributed by atoms with Crippen LogP contribution in [0.5, 0.6) is 0 Å². The van der Waals surface area contributed by atoms with E-state index in [1.165, 1.54) is 24.8 Å². The van der Waals surface area contributed by atoms with Gasteiger partial charge in [-0.05, 0) is 97.8 Å². The van der Waals surface area contributed by atoms with Gasteiger partial charge in [-0.1, -0.05) is 32.9 Å². The summed E-state index contributed by atoms with van der Waals surface area (Å²) >= 11 is 0. The zero-order valence-electron chi connectivity index (χ0n) is 19.3. The molecule has 0 aliphatic heterocycles. The Morgan fingerprint density at radius 3 is 1.97 bits per heavy atom. The maximum absolute atomic E-state index is 13.0. The summed E-state index contributed by atoms with van der Waals surface area (Å²) in [6.45, 7) is 11.0. The van der Waals surface area contributed by atoms with Gasteiger partial charge in [0, 0.05) is 5.41 Å². The van der Waals surface area contributed by atoms with Crippen LogP contribution in [0.1, 0.15) is 81.5 Å². The topological polar surface area (TPSA) is 55.4 Å². The standard InChI is InChI=1S/C26H37NO3/c1-16-6-21(25(3,4)5)7-17(2)22(16)15-30-23(28)14-27-24(29)26-11-18-8-19(12-26)10-20(9-18)13-26/h6-7,18-20H,8-15H2,1-5H3,(H,27,29). The van der Waals surface area contributed by atoms with Crippen molar-refractivity contribution in [3.05, 3.63) is 34.4 Å². The van der Waals surface area contributed by atoms with Crippen molar-refractivity contribution in [2.45, 2.75) is 85.2 Å². The third-order valence-corrected chi connectivity index (χ3v) is 7.85. The molecule has 4 saturated carbocycles. The summed E-state index contributed by atoms with van der Waals surface area (Å²) in [7, 11) is 0. The Bertz CT molecular complexity index is 790. The molecule has 5 rings (SSSR count). The zero-order valence-corrected chi connectivity index (χ0v) is 19.3. The van der Waals surface area contributed by atoms with Crippen molar-refractivity contribution in [1.29, 1.82) is 0 Å². The first-order chi connectivity index (χ1) is 14.1. The Balaban J connectivity index is 1.31. The van der Waals surface area contributed by atoms with Crippen LogP contribution < -0.4 is 5.32 Å². The molecule has 1 aromatic carbocycles. The third kappa shape index (κ3) is 4.15. The van der Waals surface area contributed by atoms with Crippen molar-refractivity contribution in [1.82, 2.24) is 5.32 Å². The van der Waals surface area contributed by atoms with Crippen molar-refractivity contribution in [2.24, 2.45) is 23.2 Å². The molecule has 1 N–H and O–H groups in total. The molecule has 4 aliphatic rings. The summed E-state index contributed by atoms with van der Waals surface area (Å²) in [5, 5.41) is 2.92. The van der Waals surface area contributed by atoms with Crippen LogP contribution in [0.2, 0.25) is 0 Å². The quantitative estimate of drug-likeness (QED) is 0.696. The molecule has 4 heteroatoms. The minimum atomic E-state index is -0.355. The van der Waals surface area contributed by atoms with Crippen molar-refractivity contribution >= 4 is 11.9 Å². The molecule has 0 atom stereocenters. The molecule has 4 bridgehead atoms. The van der Waals surface area contributed by atoms with E-state index in [1.807, 2.05) is 0 Å². The van der Waals surface area contributed by atoms with Gasteiger partial charge in [0.25, 0.3) is 0 Å². The summed E-state index contributed by atoms with van der Waals surface area (Å²) < 4.78 is 5.53. The van der Waals surface area contributed by atoms with Crippen LogP contribution in [0.25, 0.3) is 0 Å². The lowest BCUT2D eigenvalue weighted by Gasteiger charge is -2.55. The number of benzene rings is 1. The molecule has 4 nitrogen and oxygen atoms in total. The average Bonchev–Trinajstić information content (AvgIpc) is 2.63. The van der Waals surface area contributed by atoms with Gasteiger partial charge < -0.3 is 10.1 Å². The van der Waals surface area contributed by atoms with Gasteiger partial charge in [-0.3, -0.25) is 9.59 Å². The molecular formula is C26H37NO3. The molecule has 0 heterocycles. The molecule has 164 valence electrons. The van der Waals surface area contributed by atoms with Crippen molar-refractivity contribution in [3.8, 4) is 0 Å².